The SMILES string of the molecule is CNC(C)(CCN(CCOC)CC(C)C)C(=O)O. The number of aliphatic carboxylic acids is 1. The van der Waals surface area contributed by atoms with E-state index in [1.165, 1.54) is 0 Å². The number of hydrogen-bond donors (Lipinski definition) is 2. The quantitative estimate of drug-likeness (QED) is 0.614. The summed E-state index contributed by atoms with van der Waals surface area (Å²) < 4.78 is 5.09. The molecule has 0 saturated heterocycles. The Morgan fingerprint density at radius 1 is 1.44 bits per heavy atom. The van der Waals surface area contributed by atoms with E-state index in [0.717, 1.165) is 19.6 Å². The third-order valence-corrected chi connectivity index (χ3v) is 3.19. The molecule has 0 aromatic heterocycles. The van der Waals surface area contributed by atoms with Crippen LogP contribution < -0.4 is 5.32 Å². The summed E-state index contributed by atoms with van der Waals surface area (Å²) in [7, 11) is 3.37. The highest BCUT2D eigenvalue weighted by Gasteiger charge is 2.31. The van der Waals surface area contributed by atoms with Crippen LogP contribution in [0, 0.1) is 5.92 Å². The smallest absolute Gasteiger partial charge is 0.323 e. The van der Waals surface area contributed by atoms with Gasteiger partial charge in [-0.2, -0.15) is 0 Å². The molecule has 1 atom stereocenters. The van der Waals surface area contributed by atoms with Gasteiger partial charge >= 0.3 is 5.97 Å². The average molecular weight is 260 g/mol. The molecule has 0 aromatic rings. The number of rotatable bonds is 10. The lowest BCUT2D eigenvalue weighted by Crippen LogP contribution is -2.50. The molecule has 0 amide bonds. The highest BCUT2D eigenvalue weighted by Crippen LogP contribution is 2.11. The standard InChI is InChI=1S/C13H28N2O3/c1-11(2)10-15(8-9-18-5)7-6-13(3,14-4)12(16)17/h11,14H,6-10H2,1-5H3,(H,16,17). The second-order valence-corrected chi connectivity index (χ2v) is 5.32. The van der Waals surface area contributed by atoms with Crippen LogP contribution in [0.1, 0.15) is 27.2 Å². The van der Waals surface area contributed by atoms with Gasteiger partial charge in [0, 0.05) is 26.7 Å². The van der Waals surface area contributed by atoms with Crippen LogP contribution in [0.15, 0.2) is 0 Å². The zero-order valence-electron chi connectivity index (χ0n) is 12.3. The maximum atomic E-state index is 11.2. The van der Waals surface area contributed by atoms with Gasteiger partial charge in [-0.1, -0.05) is 13.8 Å². The van der Waals surface area contributed by atoms with Crippen LogP contribution in [0.3, 0.4) is 0 Å². The zero-order valence-corrected chi connectivity index (χ0v) is 12.3. The van der Waals surface area contributed by atoms with Crippen LogP contribution in [0.4, 0.5) is 0 Å². The summed E-state index contributed by atoms with van der Waals surface area (Å²) in [4.78, 5) is 13.5. The Labute approximate surface area is 110 Å². The Balaban J connectivity index is 4.34. The molecule has 0 aromatic carbocycles. The summed E-state index contributed by atoms with van der Waals surface area (Å²) in [6, 6.07) is 0. The predicted octanol–water partition coefficient (Wildman–Crippen LogP) is 1.04. The van der Waals surface area contributed by atoms with Crippen molar-refractivity contribution >= 4 is 5.97 Å². The molecule has 0 spiro atoms. The summed E-state index contributed by atoms with van der Waals surface area (Å²) >= 11 is 0. The summed E-state index contributed by atoms with van der Waals surface area (Å²) in [6.45, 7) is 9.28. The summed E-state index contributed by atoms with van der Waals surface area (Å²) in [6.07, 6.45) is 0.579. The lowest BCUT2D eigenvalue weighted by Gasteiger charge is -2.29. The fraction of sp³-hybridized carbons (Fsp3) is 0.923. The highest BCUT2D eigenvalue weighted by atomic mass is 16.5. The summed E-state index contributed by atoms with van der Waals surface area (Å²) in [5, 5.41) is 12.1. The van der Waals surface area contributed by atoms with Crippen molar-refractivity contribution in [2.24, 2.45) is 5.92 Å². The van der Waals surface area contributed by atoms with Gasteiger partial charge in [-0.05, 0) is 26.3 Å². The maximum Gasteiger partial charge on any atom is 0.323 e. The Morgan fingerprint density at radius 2 is 2.06 bits per heavy atom. The molecule has 18 heavy (non-hydrogen) atoms. The van der Waals surface area contributed by atoms with E-state index in [-0.39, 0.29) is 0 Å². The molecular formula is C13H28N2O3. The van der Waals surface area contributed by atoms with Gasteiger partial charge in [0.2, 0.25) is 0 Å². The molecule has 5 heteroatoms. The van der Waals surface area contributed by atoms with Gasteiger partial charge in [-0.15, -0.1) is 0 Å². The molecule has 1 unspecified atom stereocenters. The van der Waals surface area contributed by atoms with Gasteiger partial charge in [0.05, 0.1) is 6.61 Å². The number of methoxy groups -OCH3 is 1. The van der Waals surface area contributed by atoms with E-state index in [1.807, 2.05) is 0 Å². The van der Waals surface area contributed by atoms with E-state index in [9.17, 15) is 9.90 Å². The molecule has 0 heterocycles. The molecule has 0 radical (unpaired) electrons. The lowest BCUT2D eigenvalue weighted by molar-refractivity contribution is -0.144. The van der Waals surface area contributed by atoms with Crippen molar-refractivity contribution in [1.82, 2.24) is 10.2 Å². The Morgan fingerprint density at radius 3 is 2.44 bits per heavy atom. The molecular weight excluding hydrogens is 232 g/mol. The van der Waals surface area contributed by atoms with E-state index in [0.29, 0.717) is 18.9 Å². The number of likely N-dealkylation sites (N-methyl/N-ethyl adjacent to an activating group) is 1. The minimum Gasteiger partial charge on any atom is -0.480 e. The first-order valence-corrected chi connectivity index (χ1v) is 6.49. The van der Waals surface area contributed by atoms with Crippen molar-refractivity contribution in [2.75, 3.05) is 40.4 Å². The van der Waals surface area contributed by atoms with E-state index in [1.54, 1.807) is 21.1 Å². The molecule has 5 nitrogen and oxygen atoms in total. The van der Waals surface area contributed by atoms with E-state index in [2.05, 4.69) is 24.1 Å². The number of ether oxygens (including phenoxy) is 1. The van der Waals surface area contributed by atoms with Gasteiger partial charge in [-0.25, -0.2) is 0 Å². The Kier molecular flexibility index (Phi) is 8.15. The molecule has 108 valence electrons. The van der Waals surface area contributed by atoms with Crippen LogP contribution in [-0.2, 0) is 9.53 Å². The second-order valence-electron chi connectivity index (χ2n) is 5.32. The summed E-state index contributed by atoms with van der Waals surface area (Å²) in [5.41, 5.74) is -0.859. The van der Waals surface area contributed by atoms with Gasteiger partial charge in [-0.3, -0.25) is 4.79 Å². The first-order chi connectivity index (χ1) is 8.35. The normalized spacial score (nSPS) is 15.1. The molecule has 0 bridgehead atoms. The molecule has 0 rings (SSSR count). The van der Waals surface area contributed by atoms with Crippen molar-refractivity contribution in [3.63, 3.8) is 0 Å². The molecule has 0 saturated carbocycles. The molecule has 2 N–H and O–H groups in total. The zero-order chi connectivity index (χ0) is 14.2. The first kappa shape index (κ1) is 17.4. The predicted molar refractivity (Wildman–Crippen MR) is 72.9 cm³/mol. The Hall–Kier alpha value is -0.650. The van der Waals surface area contributed by atoms with Crippen LogP contribution in [0.2, 0.25) is 0 Å². The number of carbonyl (C=O) groups is 1. The largest absolute Gasteiger partial charge is 0.480 e. The number of carboxylic acid groups (broad SMARTS) is 1. The van der Waals surface area contributed by atoms with Crippen LogP contribution in [-0.4, -0.2) is 61.9 Å². The number of nitrogens with one attached hydrogen (secondary N) is 1. The fourth-order valence-electron chi connectivity index (χ4n) is 1.75. The topological polar surface area (TPSA) is 61.8 Å². The van der Waals surface area contributed by atoms with Crippen molar-refractivity contribution in [3.8, 4) is 0 Å². The van der Waals surface area contributed by atoms with Gasteiger partial charge in [0.25, 0.3) is 0 Å². The van der Waals surface area contributed by atoms with Crippen molar-refractivity contribution in [3.05, 3.63) is 0 Å². The molecule has 0 aliphatic rings. The fourth-order valence-corrected chi connectivity index (χ4v) is 1.75. The van der Waals surface area contributed by atoms with Crippen LogP contribution in [0.25, 0.3) is 0 Å². The van der Waals surface area contributed by atoms with E-state index in [4.69, 9.17) is 4.74 Å². The minimum absolute atomic E-state index is 0.563. The van der Waals surface area contributed by atoms with Crippen molar-refractivity contribution in [1.29, 1.82) is 0 Å². The Bertz CT molecular complexity index is 246. The van der Waals surface area contributed by atoms with E-state index < -0.39 is 11.5 Å². The lowest BCUT2D eigenvalue weighted by atomic mass is 9.98. The van der Waals surface area contributed by atoms with Gasteiger partial charge in [0.15, 0.2) is 0 Å². The molecule has 0 fully saturated rings. The van der Waals surface area contributed by atoms with Gasteiger partial charge < -0.3 is 20.1 Å². The average Bonchev–Trinajstić information content (AvgIpc) is 2.31. The number of hydrogen-bond acceptors (Lipinski definition) is 4. The minimum atomic E-state index is -0.859. The number of carboxylic acids is 1. The maximum absolute atomic E-state index is 11.2. The molecule has 0 aliphatic carbocycles. The second kappa shape index (κ2) is 8.45. The first-order valence-electron chi connectivity index (χ1n) is 6.49. The van der Waals surface area contributed by atoms with Gasteiger partial charge in [0.1, 0.15) is 5.54 Å². The van der Waals surface area contributed by atoms with Crippen LogP contribution in [0.5, 0.6) is 0 Å². The van der Waals surface area contributed by atoms with Crippen molar-refractivity contribution in [2.45, 2.75) is 32.7 Å². The number of nitrogens with zero attached hydrogens (tertiary/aromatic N) is 1. The third-order valence-electron chi connectivity index (χ3n) is 3.19. The van der Waals surface area contributed by atoms with E-state index >= 15 is 0 Å². The monoisotopic (exact) mass is 260 g/mol. The summed E-state index contributed by atoms with van der Waals surface area (Å²) in [5.74, 6) is -0.242. The van der Waals surface area contributed by atoms with Crippen LogP contribution >= 0.6 is 0 Å². The highest BCUT2D eigenvalue weighted by molar-refractivity contribution is 5.78. The van der Waals surface area contributed by atoms with Crippen molar-refractivity contribution < 1.29 is 14.6 Å². The third kappa shape index (κ3) is 6.33. The molecule has 0 aliphatic heterocycles.